The van der Waals surface area contributed by atoms with Crippen LogP contribution in [-0.2, 0) is 9.53 Å². The molecule has 0 aromatic rings. The Hall–Kier alpha value is -1.30. The zero-order valence-electron chi connectivity index (χ0n) is 10.8. The van der Waals surface area contributed by atoms with E-state index in [-0.39, 0.29) is 0 Å². The predicted octanol–water partition coefficient (Wildman–Crippen LogP) is 1.08. The normalized spacial score (nSPS) is 19.4. The highest BCUT2D eigenvalue weighted by atomic mass is 16.6. The molecule has 17 heavy (non-hydrogen) atoms. The van der Waals surface area contributed by atoms with Crippen LogP contribution in [0.3, 0.4) is 0 Å². The van der Waals surface area contributed by atoms with Crippen LogP contribution in [-0.4, -0.2) is 52.5 Å². The van der Waals surface area contributed by atoms with Crippen LogP contribution in [0.5, 0.6) is 0 Å². The second kappa shape index (κ2) is 6.44. The first kappa shape index (κ1) is 15.7. The largest absolute Gasteiger partial charge is 0.480 e. The zero-order valence-corrected chi connectivity index (χ0v) is 10.8. The van der Waals surface area contributed by atoms with Gasteiger partial charge in [0.25, 0.3) is 0 Å². The van der Waals surface area contributed by atoms with Crippen molar-refractivity contribution in [2.24, 2.45) is 0 Å². The first-order valence-corrected chi connectivity index (χ1v) is 5.48. The number of carbonyl (C=O) groups excluding carboxylic acids is 1. The van der Waals surface area contributed by atoms with E-state index in [4.69, 9.17) is 14.9 Å². The Labute approximate surface area is 101 Å². The molecule has 1 heterocycles. The minimum atomic E-state index is -0.960. The van der Waals surface area contributed by atoms with Crippen LogP contribution in [0.2, 0.25) is 0 Å². The van der Waals surface area contributed by atoms with E-state index < -0.39 is 23.7 Å². The van der Waals surface area contributed by atoms with Crippen LogP contribution in [0.25, 0.3) is 0 Å². The molecule has 2 N–H and O–H groups in total. The highest BCUT2D eigenvalue weighted by molar-refractivity contribution is 5.80. The lowest BCUT2D eigenvalue weighted by molar-refractivity contribution is -0.142. The average Bonchev–Trinajstić information content (AvgIpc) is 2.66. The average molecular weight is 247 g/mol. The van der Waals surface area contributed by atoms with Crippen molar-refractivity contribution in [3.05, 3.63) is 0 Å². The molecule has 1 fully saturated rings. The van der Waals surface area contributed by atoms with Crippen molar-refractivity contribution in [2.45, 2.75) is 45.3 Å². The van der Waals surface area contributed by atoms with Crippen LogP contribution in [0.15, 0.2) is 0 Å². The van der Waals surface area contributed by atoms with E-state index in [1.165, 1.54) is 4.90 Å². The number of nitrogens with zero attached hydrogens (tertiary/aromatic N) is 1. The lowest BCUT2D eigenvalue weighted by Crippen LogP contribution is -2.43. The van der Waals surface area contributed by atoms with E-state index in [9.17, 15) is 9.59 Å². The van der Waals surface area contributed by atoms with Crippen LogP contribution in [0, 0.1) is 0 Å². The van der Waals surface area contributed by atoms with Gasteiger partial charge in [0, 0.05) is 13.7 Å². The molecule has 1 saturated heterocycles. The molecule has 0 aromatic heterocycles. The highest BCUT2D eigenvalue weighted by Crippen LogP contribution is 2.20. The number of carboxylic acid groups (broad SMARTS) is 1. The van der Waals surface area contributed by atoms with E-state index in [0.717, 1.165) is 13.5 Å². The Balaban J connectivity index is 0.00000121. The van der Waals surface area contributed by atoms with Crippen molar-refractivity contribution in [1.29, 1.82) is 0 Å². The van der Waals surface area contributed by atoms with Gasteiger partial charge in [-0.25, -0.2) is 9.59 Å². The summed E-state index contributed by atoms with van der Waals surface area (Å²) in [7, 11) is 1.00. The summed E-state index contributed by atoms with van der Waals surface area (Å²) >= 11 is 0. The smallest absolute Gasteiger partial charge is 0.411 e. The van der Waals surface area contributed by atoms with Crippen molar-refractivity contribution in [3.63, 3.8) is 0 Å². The van der Waals surface area contributed by atoms with Gasteiger partial charge in [-0.05, 0) is 33.6 Å². The molecular weight excluding hydrogens is 226 g/mol. The molecule has 100 valence electrons. The van der Waals surface area contributed by atoms with Crippen molar-refractivity contribution in [3.8, 4) is 0 Å². The van der Waals surface area contributed by atoms with Crippen LogP contribution < -0.4 is 0 Å². The quantitative estimate of drug-likeness (QED) is 0.724. The van der Waals surface area contributed by atoms with Gasteiger partial charge in [-0.2, -0.15) is 0 Å². The molecule has 0 radical (unpaired) electrons. The van der Waals surface area contributed by atoms with Gasteiger partial charge in [-0.1, -0.05) is 0 Å². The SMILES string of the molecule is CC(C)(C)OC(=O)N1CCCC1C(=O)O.CO. The van der Waals surface area contributed by atoms with Crippen LogP contribution >= 0.6 is 0 Å². The van der Waals surface area contributed by atoms with E-state index >= 15 is 0 Å². The summed E-state index contributed by atoms with van der Waals surface area (Å²) in [6.45, 7) is 5.75. The molecule has 0 aliphatic carbocycles. The molecular formula is C11H21NO5. The molecule has 1 amide bonds. The molecule has 6 heteroatoms. The molecule has 0 saturated carbocycles. The van der Waals surface area contributed by atoms with Gasteiger partial charge in [0.2, 0.25) is 0 Å². The maximum absolute atomic E-state index is 11.6. The number of carbonyl (C=O) groups is 2. The summed E-state index contributed by atoms with van der Waals surface area (Å²) in [6, 6.07) is -0.722. The second-order valence-electron chi connectivity index (χ2n) is 4.67. The first-order valence-electron chi connectivity index (χ1n) is 5.48. The number of aliphatic carboxylic acids is 1. The molecule has 1 rings (SSSR count). The topological polar surface area (TPSA) is 87.1 Å². The number of aliphatic hydroxyl groups is 1. The number of ether oxygens (including phenoxy) is 1. The molecule has 1 aliphatic heterocycles. The summed E-state index contributed by atoms with van der Waals surface area (Å²) in [6.07, 6.45) is 0.692. The van der Waals surface area contributed by atoms with E-state index in [1.807, 2.05) is 0 Å². The Kier molecular flexibility index (Phi) is 5.95. The zero-order chi connectivity index (χ0) is 13.6. The third kappa shape index (κ3) is 5.04. The highest BCUT2D eigenvalue weighted by Gasteiger charge is 2.36. The summed E-state index contributed by atoms with van der Waals surface area (Å²) in [5.41, 5.74) is -0.581. The van der Waals surface area contributed by atoms with Gasteiger partial charge in [-0.15, -0.1) is 0 Å². The first-order chi connectivity index (χ1) is 7.81. The molecule has 0 aromatic carbocycles. The fourth-order valence-corrected chi connectivity index (χ4v) is 1.56. The lowest BCUT2D eigenvalue weighted by Gasteiger charge is -2.26. The molecule has 6 nitrogen and oxygen atoms in total. The Morgan fingerprint density at radius 2 is 1.82 bits per heavy atom. The van der Waals surface area contributed by atoms with E-state index in [1.54, 1.807) is 20.8 Å². The lowest BCUT2D eigenvalue weighted by atomic mass is 10.2. The number of likely N-dealkylation sites (tertiary alicyclic amines) is 1. The van der Waals surface area contributed by atoms with Crippen molar-refractivity contribution in [2.75, 3.05) is 13.7 Å². The second-order valence-corrected chi connectivity index (χ2v) is 4.67. The van der Waals surface area contributed by atoms with Crippen LogP contribution in [0.1, 0.15) is 33.6 Å². The number of rotatable bonds is 1. The van der Waals surface area contributed by atoms with E-state index in [2.05, 4.69) is 0 Å². The van der Waals surface area contributed by atoms with Gasteiger partial charge >= 0.3 is 12.1 Å². The van der Waals surface area contributed by atoms with Crippen molar-refractivity contribution < 1.29 is 24.5 Å². The van der Waals surface area contributed by atoms with Crippen molar-refractivity contribution >= 4 is 12.1 Å². The predicted molar refractivity (Wildman–Crippen MR) is 61.7 cm³/mol. The molecule has 1 aliphatic rings. The van der Waals surface area contributed by atoms with Gasteiger partial charge in [0.15, 0.2) is 0 Å². The minimum absolute atomic E-state index is 0.464. The molecule has 1 unspecified atom stereocenters. The third-order valence-electron chi connectivity index (χ3n) is 2.17. The van der Waals surface area contributed by atoms with Crippen molar-refractivity contribution in [1.82, 2.24) is 4.90 Å². The maximum Gasteiger partial charge on any atom is 0.411 e. The Bertz CT molecular complexity index is 272. The number of aliphatic hydroxyl groups excluding tert-OH is 1. The summed E-state index contributed by atoms with van der Waals surface area (Å²) in [5, 5.41) is 15.9. The fourth-order valence-electron chi connectivity index (χ4n) is 1.56. The van der Waals surface area contributed by atoms with Gasteiger partial charge in [0.05, 0.1) is 0 Å². The third-order valence-corrected chi connectivity index (χ3v) is 2.17. The molecule has 0 spiro atoms. The van der Waals surface area contributed by atoms with Gasteiger partial charge < -0.3 is 14.9 Å². The number of hydrogen-bond acceptors (Lipinski definition) is 4. The number of carboxylic acids is 1. The molecule has 0 bridgehead atoms. The summed E-state index contributed by atoms with van der Waals surface area (Å²) in [4.78, 5) is 23.7. The number of hydrogen-bond donors (Lipinski definition) is 2. The standard InChI is InChI=1S/C10H17NO4.CH4O/c1-10(2,3)15-9(14)11-6-4-5-7(11)8(12)13;1-2/h7H,4-6H2,1-3H3,(H,12,13);2H,1H3. The minimum Gasteiger partial charge on any atom is -0.480 e. The maximum atomic E-state index is 11.6. The van der Waals surface area contributed by atoms with Crippen LogP contribution in [0.4, 0.5) is 4.79 Å². The fraction of sp³-hybridized carbons (Fsp3) is 0.818. The van der Waals surface area contributed by atoms with Gasteiger partial charge in [-0.3, -0.25) is 4.90 Å². The van der Waals surface area contributed by atoms with E-state index in [0.29, 0.717) is 13.0 Å². The Morgan fingerprint density at radius 3 is 2.24 bits per heavy atom. The Morgan fingerprint density at radius 1 is 1.29 bits per heavy atom. The van der Waals surface area contributed by atoms with Gasteiger partial charge in [0.1, 0.15) is 11.6 Å². The summed E-state index contributed by atoms with van der Waals surface area (Å²) in [5.74, 6) is -0.960. The number of amides is 1. The summed E-state index contributed by atoms with van der Waals surface area (Å²) < 4.78 is 5.13. The molecule has 1 atom stereocenters. The monoisotopic (exact) mass is 247 g/mol.